The van der Waals surface area contributed by atoms with Crippen molar-refractivity contribution in [1.82, 2.24) is 25.1 Å². The number of nitrogens with one attached hydrogen (secondary N) is 2. The number of ether oxygens (including phenoxy) is 1. The van der Waals surface area contributed by atoms with E-state index in [0.29, 0.717) is 30.5 Å². The molecule has 0 aliphatic heterocycles. The van der Waals surface area contributed by atoms with E-state index in [9.17, 15) is 4.79 Å². The first-order valence-corrected chi connectivity index (χ1v) is 7.85. The van der Waals surface area contributed by atoms with Crippen LogP contribution < -0.4 is 10.6 Å². The molecule has 0 atom stereocenters. The third kappa shape index (κ3) is 3.77. The van der Waals surface area contributed by atoms with E-state index < -0.39 is 0 Å². The Labute approximate surface area is 144 Å². The molecule has 0 aliphatic rings. The number of nitrogens with zero attached hydrogens (tertiary/aromatic N) is 4. The maximum atomic E-state index is 12.3. The first-order chi connectivity index (χ1) is 12.1. The van der Waals surface area contributed by atoms with Gasteiger partial charge in [-0.1, -0.05) is 0 Å². The van der Waals surface area contributed by atoms with Crippen molar-refractivity contribution in [2.45, 2.75) is 13.5 Å². The van der Waals surface area contributed by atoms with Crippen molar-refractivity contribution in [2.75, 3.05) is 25.6 Å². The number of hydrogen-bond donors (Lipinski definition) is 2. The number of aromatic nitrogens is 4. The van der Waals surface area contributed by atoms with Gasteiger partial charge in [-0.25, -0.2) is 4.98 Å². The quantitative estimate of drug-likeness (QED) is 0.621. The number of fused-ring (bicyclic) bond motifs is 1. The molecule has 132 valence electrons. The minimum absolute atomic E-state index is 0.184. The molecule has 0 saturated heterocycles. The second-order valence-corrected chi connectivity index (χ2v) is 5.51. The first kappa shape index (κ1) is 16.9. The molecule has 1 aromatic carbocycles. The molecule has 2 N–H and O–H groups in total. The smallest absolute Gasteiger partial charge is 0.251 e. The van der Waals surface area contributed by atoms with Crippen LogP contribution in [-0.4, -0.2) is 45.9 Å². The average Bonchev–Trinajstić information content (AvgIpc) is 3.16. The maximum absolute atomic E-state index is 12.3. The summed E-state index contributed by atoms with van der Waals surface area (Å²) in [4.78, 5) is 16.8. The topological polar surface area (TPSA) is 107 Å². The Balaban J connectivity index is 1.72. The van der Waals surface area contributed by atoms with Crippen LogP contribution in [0, 0.1) is 6.92 Å². The molecule has 0 saturated carbocycles. The molecule has 3 aromatic rings. The van der Waals surface area contributed by atoms with Crippen molar-refractivity contribution in [2.24, 2.45) is 7.05 Å². The van der Waals surface area contributed by atoms with E-state index >= 15 is 0 Å². The highest BCUT2D eigenvalue weighted by atomic mass is 16.5. The van der Waals surface area contributed by atoms with Crippen LogP contribution in [0.3, 0.4) is 0 Å². The van der Waals surface area contributed by atoms with E-state index in [1.807, 2.05) is 17.7 Å². The Morgan fingerprint density at radius 3 is 2.92 bits per heavy atom. The van der Waals surface area contributed by atoms with Gasteiger partial charge in [0.05, 0.1) is 24.2 Å². The molecule has 0 aliphatic carbocycles. The maximum Gasteiger partial charge on any atom is 0.251 e. The van der Waals surface area contributed by atoms with Gasteiger partial charge in [0, 0.05) is 33.2 Å². The first-order valence-electron chi connectivity index (χ1n) is 7.85. The lowest BCUT2D eigenvalue weighted by Crippen LogP contribution is -2.22. The molecule has 2 heterocycles. The van der Waals surface area contributed by atoms with Gasteiger partial charge >= 0.3 is 0 Å². The third-order valence-electron chi connectivity index (χ3n) is 3.70. The van der Waals surface area contributed by atoms with Gasteiger partial charge in [0.25, 0.3) is 5.91 Å². The van der Waals surface area contributed by atoms with E-state index in [0.717, 1.165) is 17.0 Å². The molecule has 0 fully saturated rings. The van der Waals surface area contributed by atoms with Gasteiger partial charge < -0.3 is 24.4 Å². The second kappa shape index (κ2) is 7.31. The molecule has 9 heteroatoms. The largest absolute Gasteiger partial charge is 0.424 e. The summed E-state index contributed by atoms with van der Waals surface area (Å²) in [5.41, 5.74) is 2.19. The lowest BCUT2D eigenvalue weighted by molar-refractivity contribution is 0.0947. The van der Waals surface area contributed by atoms with Crippen molar-refractivity contribution in [1.29, 1.82) is 0 Å². The summed E-state index contributed by atoms with van der Waals surface area (Å²) in [6, 6.07) is 5.39. The van der Waals surface area contributed by atoms with E-state index in [1.165, 1.54) is 0 Å². The van der Waals surface area contributed by atoms with Gasteiger partial charge in [-0.3, -0.25) is 4.79 Å². The minimum Gasteiger partial charge on any atom is -0.424 e. The highest BCUT2D eigenvalue weighted by molar-refractivity contribution is 5.97. The van der Waals surface area contributed by atoms with Crippen LogP contribution in [0.1, 0.15) is 22.1 Å². The molecule has 1 amide bonds. The molecule has 25 heavy (non-hydrogen) atoms. The molecule has 0 spiro atoms. The molecule has 0 bridgehead atoms. The minimum atomic E-state index is -0.225. The number of anilines is 1. The fraction of sp³-hybridized carbons (Fsp3) is 0.375. The number of methoxy groups -OCH3 is 1. The Morgan fingerprint density at radius 1 is 1.36 bits per heavy atom. The summed E-state index contributed by atoms with van der Waals surface area (Å²) in [6.45, 7) is 3.13. The molecule has 0 unspecified atom stereocenters. The predicted octanol–water partition coefficient (Wildman–Crippen LogP) is 1.25. The number of hydrogen-bond acceptors (Lipinski definition) is 7. The van der Waals surface area contributed by atoms with Gasteiger partial charge in [-0.15, -0.1) is 10.2 Å². The highest BCUT2D eigenvalue weighted by Crippen LogP contribution is 2.19. The summed E-state index contributed by atoms with van der Waals surface area (Å²) >= 11 is 0. The summed E-state index contributed by atoms with van der Waals surface area (Å²) in [7, 11) is 3.57. The number of amides is 1. The van der Waals surface area contributed by atoms with Crippen molar-refractivity contribution >= 4 is 22.9 Å². The number of imidazole rings is 1. The van der Waals surface area contributed by atoms with Gasteiger partial charge in [0.15, 0.2) is 0 Å². The average molecular weight is 344 g/mol. The Kier molecular flexibility index (Phi) is 4.94. The van der Waals surface area contributed by atoms with E-state index in [-0.39, 0.29) is 12.5 Å². The molecule has 0 radical (unpaired) electrons. The van der Waals surface area contributed by atoms with Gasteiger partial charge in [-0.2, -0.15) is 0 Å². The van der Waals surface area contributed by atoms with Crippen LogP contribution in [0.15, 0.2) is 22.6 Å². The molecular formula is C16H20N6O3. The summed E-state index contributed by atoms with van der Waals surface area (Å²) in [5.74, 6) is 1.34. The van der Waals surface area contributed by atoms with Crippen molar-refractivity contribution in [3.63, 3.8) is 0 Å². The van der Waals surface area contributed by atoms with E-state index in [1.54, 1.807) is 26.2 Å². The zero-order valence-corrected chi connectivity index (χ0v) is 14.4. The standard InChI is InChI=1S/C16H20N6O3/c1-10-20-21-14(25-10)9-18-15(23)11-4-5-13-12(8-11)19-16(22(13)2)17-6-7-24-3/h4-5,8H,6-7,9H2,1-3H3,(H,17,19)(H,18,23). The Bertz CT molecular complexity index is 885. The summed E-state index contributed by atoms with van der Waals surface area (Å²) < 4.78 is 12.2. The van der Waals surface area contributed by atoms with E-state index in [4.69, 9.17) is 9.15 Å². The monoisotopic (exact) mass is 344 g/mol. The van der Waals surface area contributed by atoms with Gasteiger partial charge in [0.1, 0.15) is 0 Å². The molecular weight excluding hydrogens is 324 g/mol. The van der Waals surface area contributed by atoms with Crippen molar-refractivity contribution in [3.05, 3.63) is 35.5 Å². The summed E-state index contributed by atoms with van der Waals surface area (Å²) in [5, 5.41) is 13.5. The number of rotatable bonds is 7. The zero-order chi connectivity index (χ0) is 17.8. The number of aryl methyl sites for hydroxylation is 2. The van der Waals surface area contributed by atoms with Crippen LogP contribution >= 0.6 is 0 Å². The number of carbonyl (C=O) groups is 1. The highest BCUT2D eigenvalue weighted by Gasteiger charge is 2.12. The molecule has 2 aromatic heterocycles. The third-order valence-corrected chi connectivity index (χ3v) is 3.70. The van der Waals surface area contributed by atoms with Crippen LogP contribution in [0.4, 0.5) is 5.95 Å². The SMILES string of the molecule is COCCNc1nc2cc(C(=O)NCc3nnc(C)o3)ccc2n1C. The van der Waals surface area contributed by atoms with Crippen molar-refractivity contribution in [3.8, 4) is 0 Å². The van der Waals surface area contributed by atoms with Crippen molar-refractivity contribution < 1.29 is 13.9 Å². The van der Waals surface area contributed by atoms with E-state index in [2.05, 4.69) is 25.8 Å². The van der Waals surface area contributed by atoms with Crippen LogP contribution in [-0.2, 0) is 18.3 Å². The summed E-state index contributed by atoms with van der Waals surface area (Å²) in [6.07, 6.45) is 0. The molecule has 3 rings (SSSR count). The lowest BCUT2D eigenvalue weighted by Gasteiger charge is -2.05. The predicted molar refractivity (Wildman–Crippen MR) is 91.3 cm³/mol. The number of benzene rings is 1. The second-order valence-electron chi connectivity index (χ2n) is 5.51. The number of carbonyl (C=O) groups excluding carboxylic acids is 1. The van der Waals surface area contributed by atoms with Crippen LogP contribution in [0.25, 0.3) is 11.0 Å². The zero-order valence-electron chi connectivity index (χ0n) is 14.4. The molecule has 9 nitrogen and oxygen atoms in total. The fourth-order valence-electron chi connectivity index (χ4n) is 2.43. The Morgan fingerprint density at radius 2 is 2.20 bits per heavy atom. The lowest BCUT2D eigenvalue weighted by atomic mass is 10.2. The van der Waals surface area contributed by atoms with Crippen LogP contribution in [0.5, 0.6) is 0 Å². The Hall–Kier alpha value is -2.94. The normalized spacial score (nSPS) is 11.0. The fourth-order valence-corrected chi connectivity index (χ4v) is 2.43. The van der Waals surface area contributed by atoms with Gasteiger partial charge in [-0.05, 0) is 18.2 Å². The van der Waals surface area contributed by atoms with Gasteiger partial charge in [0.2, 0.25) is 17.7 Å². The van der Waals surface area contributed by atoms with Crippen LogP contribution in [0.2, 0.25) is 0 Å².